The van der Waals surface area contributed by atoms with Gasteiger partial charge in [0.05, 0.1) is 12.1 Å². The van der Waals surface area contributed by atoms with Crippen molar-refractivity contribution in [2.24, 2.45) is 5.73 Å². The van der Waals surface area contributed by atoms with Crippen molar-refractivity contribution in [1.82, 2.24) is 5.32 Å². The van der Waals surface area contributed by atoms with Crippen LogP contribution in [0.1, 0.15) is 17.2 Å². The molecule has 1 aromatic rings. The number of nitrogens with two attached hydrogens (primary N) is 1. The minimum absolute atomic E-state index is 0.0150. The van der Waals surface area contributed by atoms with E-state index in [1.54, 1.807) is 0 Å². The molecule has 3 nitrogen and oxygen atoms in total. The Hall–Kier alpha value is -0.900. The third kappa shape index (κ3) is 1.46. The van der Waals surface area contributed by atoms with Gasteiger partial charge in [-0.15, -0.1) is 0 Å². The molecule has 0 amide bonds. The largest absolute Gasteiger partial charge is 0.390 e. The lowest BCUT2D eigenvalue weighted by molar-refractivity contribution is 0.140. The Bertz CT molecular complexity index is 301. The van der Waals surface area contributed by atoms with Crippen LogP contribution >= 0.6 is 0 Å². The van der Waals surface area contributed by atoms with Crippen molar-refractivity contribution >= 4 is 0 Å². The molecule has 3 heteroatoms. The standard InChI is InChI=1S/C10H14N2O/c11-5-9(13)10-8-4-2-1-3-7(8)6-12-10/h1-4,9-10,12-13H,5-6,11H2. The number of rotatable bonds is 2. The topological polar surface area (TPSA) is 58.3 Å². The van der Waals surface area contributed by atoms with Gasteiger partial charge >= 0.3 is 0 Å². The van der Waals surface area contributed by atoms with Crippen LogP contribution in [-0.2, 0) is 6.54 Å². The lowest BCUT2D eigenvalue weighted by Gasteiger charge is -2.17. The van der Waals surface area contributed by atoms with Crippen molar-refractivity contribution in [2.45, 2.75) is 18.7 Å². The van der Waals surface area contributed by atoms with Crippen LogP contribution in [0.2, 0.25) is 0 Å². The first-order valence-electron chi connectivity index (χ1n) is 4.52. The fraction of sp³-hybridized carbons (Fsp3) is 0.400. The molecule has 0 saturated heterocycles. The highest BCUT2D eigenvalue weighted by Crippen LogP contribution is 2.26. The van der Waals surface area contributed by atoms with E-state index < -0.39 is 6.10 Å². The molecule has 0 bridgehead atoms. The Morgan fingerprint density at radius 2 is 2.31 bits per heavy atom. The molecule has 0 aromatic heterocycles. The lowest BCUT2D eigenvalue weighted by atomic mass is 10.0. The van der Waals surface area contributed by atoms with Crippen LogP contribution in [0.15, 0.2) is 24.3 Å². The number of aliphatic hydroxyl groups is 1. The fourth-order valence-electron chi connectivity index (χ4n) is 1.81. The molecule has 0 aliphatic carbocycles. The number of hydrogen-bond acceptors (Lipinski definition) is 3. The second-order valence-electron chi connectivity index (χ2n) is 3.36. The third-order valence-electron chi connectivity index (χ3n) is 2.53. The van der Waals surface area contributed by atoms with Gasteiger partial charge < -0.3 is 16.2 Å². The van der Waals surface area contributed by atoms with Crippen LogP contribution in [0.5, 0.6) is 0 Å². The molecule has 1 aliphatic heterocycles. The van der Waals surface area contributed by atoms with Gasteiger partial charge in [0.25, 0.3) is 0 Å². The van der Waals surface area contributed by atoms with Crippen molar-refractivity contribution in [2.75, 3.05) is 6.54 Å². The average Bonchev–Trinajstić information content (AvgIpc) is 2.60. The van der Waals surface area contributed by atoms with Gasteiger partial charge in [0.2, 0.25) is 0 Å². The molecule has 2 unspecified atom stereocenters. The molecule has 1 aliphatic rings. The predicted molar refractivity (Wildman–Crippen MR) is 51.1 cm³/mol. The van der Waals surface area contributed by atoms with Crippen LogP contribution < -0.4 is 11.1 Å². The molecule has 13 heavy (non-hydrogen) atoms. The van der Waals surface area contributed by atoms with E-state index in [-0.39, 0.29) is 6.04 Å². The predicted octanol–water partition coefficient (Wildman–Crippen LogP) is 0.150. The van der Waals surface area contributed by atoms with Crippen LogP contribution in [0.25, 0.3) is 0 Å². The van der Waals surface area contributed by atoms with Crippen LogP contribution in [-0.4, -0.2) is 17.8 Å². The maximum atomic E-state index is 9.62. The molecular weight excluding hydrogens is 164 g/mol. The average molecular weight is 178 g/mol. The Morgan fingerprint density at radius 1 is 1.54 bits per heavy atom. The molecule has 2 atom stereocenters. The van der Waals surface area contributed by atoms with Crippen LogP contribution in [0.4, 0.5) is 0 Å². The van der Waals surface area contributed by atoms with Gasteiger partial charge in [-0.1, -0.05) is 24.3 Å². The molecule has 0 saturated carbocycles. The van der Waals surface area contributed by atoms with Crippen molar-refractivity contribution in [3.8, 4) is 0 Å². The lowest BCUT2D eigenvalue weighted by Crippen LogP contribution is -2.32. The van der Waals surface area contributed by atoms with E-state index in [1.165, 1.54) is 11.1 Å². The molecule has 0 radical (unpaired) electrons. The maximum absolute atomic E-state index is 9.62. The van der Waals surface area contributed by atoms with Crippen molar-refractivity contribution < 1.29 is 5.11 Å². The van der Waals surface area contributed by atoms with E-state index in [4.69, 9.17) is 5.73 Å². The summed E-state index contributed by atoms with van der Waals surface area (Å²) in [5, 5.41) is 12.9. The Kier molecular flexibility index (Phi) is 2.31. The van der Waals surface area contributed by atoms with Crippen molar-refractivity contribution in [3.05, 3.63) is 35.4 Å². The van der Waals surface area contributed by atoms with Crippen molar-refractivity contribution in [3.63, 3.8) is 0 Å². The molecular formula is C10H14N2O. The van der Waals surface area contributed by atoms with Gasteiger partial charge in [0, 0.05) is 13.1 Å². The quantitative estimate of drug-likeness (QED) is 0.604. The summed E-state index contributed by atoms with van der Waals surface area (Å²) in [7, 11) is 0. The van der Waals surface area contributed by atoms with E-state index in [0.29, 0.717) is 6.54 Å². The van der Waals surface area contributed by atoms with Gasteiger partial charge in [-0.2, -0.15) is 0 Å². The zero-order valence-corrected chi connectivity index (χ0v) is 7.40. The first kappa shape index (κ1) is 8.69. The smallest absolute Gasteiger partial charge is 0.0856 e. The molecule has 1 aromatic carbocycles. The number of fused-ring (bicyclic) bond motifs is 1. The summed E-state index contributed by atoms with van der Waals surface area (Å²) in [6.45, 7) is 1.13. The molecule has 4 N–H and O–H groups in total. The van der Waals surface area contributed by atoms with Gasteiger partial charge in [-0.25, -0.2) is 0 Å². The molecule has 0 fully saturated rings. The Labute approximate surface area is 77.6 Å². The molecule has 0 spiro atoms. The minimum Gasteiger partial charge on any atom is -0.390 e. The highest BCUT2D eigenvalue weighted by atomic mass is 16.3. The summed E-state index contributed by atoms with van der Waals surface area (Å²) in [4.78, 5) is 0. The summed E-state index contributed by atoms with van der Waals surface area (Å²) < 4.78 is 0. The van der Waals surface area contributed by atoms with E-state index in [9.17, 15) is 5.11 Å². The van der Waals surface area contributed by atoms with E-state index in [1.807, 2.05) is 18.2 Å². The first-order valence-corrected chi connectivity index (χ1v) is 4.52. The summed E-state index contributed by atoms with van der Waals surface area (Å²) >= 11 is 0. The summed E-state index contributed by atoms with van der Waals surface area (Å²) in [5.74, 6) is 0. The van der Waals surface area contributed by atoms with E-state index >= 15 is 0 Å². The first-order chi connectivity index (χ1) is 6.33. The number of benzene rings is 1. The van der Waals surface area contributed by atoms with Gasteiger partial charge in [0.15, 0.2) is 0 Å². The highest BCUT2D eigenvalue weighted by Gasteiger charge is 2.26. The zero-order valence-electron chi connectivity index (χ0n) is 7.40. The zero-order chi connectivity index (χ0) is 9.26. The number of hydrogen-bond donors (Lipinski definition) is 3. The molecule has 1 heterocycles. The van der Waals surface area contributed by atoms with Gasteiger partial charge in [0.1, 0.15) is 0 Å². The van der Waals surface area contributed by atoms with E-state index in [0.717, 1.165) is 6.54 Å². The normalized spacial score (nSPS) is 22.8. The summed E-state index contributed by atoms with van der Waals surface area (Å²) in [5.41, 5.74) is 7.86. The van der Waals surface area contributed by atoms with E-state index in [2.05, 4.69) is 11.4 Å². The van der Waals surface area contributed by atoms with Crippen LogP contribution in [0.3, 0.4) is 0 Å². The monoisotopic (exact) mass is 178 g/mol. The molecule has 70 valence electrons. The minimum atomic E-state index is -0.483. The van der Waals surface area contributed by atoms with Crippen LogP contribution in [0, 0.1) is 0 Å². The second-order valence-corrected chi connectivity index (χ2v) is 3.36. The number of nitrogens with one attached hydrogen (secondary N) is 1. The Morgan fingerprint density at radius 3 is 3.08 bits per heavy atom. The number of aliphatic hydroxyl groups excluding tert-OH is 1. The summed E-state index contributed by atoms with van der Waals surface area (Å²) in [6, 6.07) is 8.13. The molecule has 2 rings (SSSR count). The SMILES string of the molecule is NCC(O)C1NCc2ccccc21. The Balaban J connectivity index is 2.28. The summed E-state index contributed by atoms with van der Waals surface area (Å²) in [6.07, 6.45) is -0.483. The third-order valence-corrected chi connectivity index (χ3v) is 2.53. The van der Waals surface area contributed by atoms with Crippen molar-refractivity contribution in [1.29, 1.82) is 0 Å². The fourth-order valence-corrected chi connectivity index (χ4v) is 1.81. The highest BCUT2D eigenvalue weighted by molar-refractivity contribution is 5.34. The van der Waals surface area contributed by atoms with Gasteiger partial charge in [-0.3, -0.25) is 0 Å². The van der Waals surface area contributed by atoms with Gasteiger partial charge in [-0.05, 0) is 11.1 Å². The second kappa shape index (κ2) is 3.46. The maximum Gasteiger partial charge on any atom is 0.0856 e.